The summed E-state index contributed by atoms with van der Waals surface area (Å²) in [4.78, 5) is 86.8. The number of Topliss-reactive ketones (excluding diaryl/α,β-unsaturated/α-hetero) is 5. The van der Waals surface area contributed by atoms with E-state index >= 15 is 0 Å². The molecule has 0 bridgehead atoms. The van der Waals surface area contributed by atoms with Crippen molar-refractivity contribution in [3.05, 3.63) is 230 Å². The maximum atomic E-state index is 12.1. The second-order valence-corrected chi connectivity index (χ2v) is 38.0. The van der Waals surface area contributed by atoms with Gasteiger partial charge in [0, 0.05) is 50.9 Å². The number of aryl methyl sites for hydroxylation is 1. The van der Waals surface area contributed by atoms with E-state index in [-0.39, 0.29) is 103 Å². The predicted molar refractivity (Wildman–Crippen MR) is 520 cm³/mol. The Morgan fingerprint density at radius 3 is 1.08 bits per heavy atom. The zero-order chi connectivity index (χ0) is 90.3. The van der Waals surface area contributed by atoms with Gasteiger partial charge in [-0.05, 0) is 405 Å². The number of likely N-dealkylation sites (tertiary alicyclic amines) is 3. The Morgan fingerprint density at radius 2 is 0.733 bits per heavy atom. The van der Waals surface area contributed by atoms with Gasteiger partial charge < -0.3 is 78.4 Å². The van der Waals surface area contributed by atoms with Crippen molar-refractivity contribution in [2.45, 2.75) is 162 Å². The van der Waals surface area contributed by atoms with E-state index in [9.17, 15) is 38.7 Å². The minimum absolute atomic E-state index is 0. The third-order valence-electron chi connectivity index (χ3n) is 24.7. The fourth-order valence-corrected chi connectivity index (χ4v) is 19.0. The number of aliphatic hydroxyl groups excluding tert-OH is 1. The number of benzene rings is 8. The van der Waals surface area contributed by atoms with Crippen LogP contribution in [0.2, 0.25) is 0 Å². The first-order valence-electron chi connectivity index (χ1n) is 45.4. The van der Waals surface area contributed by atoms with Gasteiger partial charge in [0.05, 0.1) is 67.1 Å². The van der Waals surface area contributed by atoms with Crippen LogP contribution in [0.3, 0.4) is 0 Å². The number of carbonyl (C=O) groups is 6. The third-order valence-corrected chi connectivity index (χ3v) is 27.3. The summed E-state index contributed by atoms with van der Waals surface area (Å²) in [5.41, 5.74) is 13.0. The normalized spacial score (nSPS) is 16.9. The van der Waals surface area contributed by atoms with Gasteiger partial charge in [0.15, 0.2) is 35.5 Å². The van der Waals surface area contributed by atoms with Crippen LogP contribution >= 0.6 is 76.1 Å². The predicted octanol–water partition coefficient (Wildman–Crippen LogP) is 16.3. The molecule has 8 aliphatic rings. The van der Waals surface area contributed by atoms with Crippen molar-refractivity contribution in [1.82, 2.24) is 20.0 Å². The van der Waals surface area contributed by atoms with Crippen LogP contribution in [-0.2, 0) is 70.5 Å². The van der Waals surface area contributed by atoms with Crippen molar-refractivity contribution in [1.29, 1.82) is 0 Å². The van der Waals surface area contributed by atoms with Crippen molar-refractivity contribution < 1.29 is 117 Å². The largest absolute Gasteiger partial charge is 1.00 e. The third kappa shape index (κ3) is 34.4. The molecule has 8 heterocycles. The van der Waals surface area contributed by atoms with Gasteiger partial charge in [-0.3, -0.25) is 24.0 Å². The molecule has 22 nitrogen and oxygen atoms in total. The summed E-state index contributed by atoms with van der Waals surface area (Å²) in [5.74, 6) is 8.16. The SMILES string of the molecule is CC(=O)COc1cc(CC2CCN(CCc3ccc4c(c3)C(=O)CCO4)CC2)ccc1Br.CC(=O)COc1cc(CC2CCNCC2)ccc1Br.CCCc1ccc2c(c1)C(=O)CCO2.Cl.O=C(O)COc1cc(CC2CCN(CCc3ccc4c(c3)C(=O)CCO4)CC2)ccc1Br.O=[C-]COc1cc(CC2CCN(CCc3ccc4c(c3)C(O)CCO4)CC2)ccc1Br.[Na+].[OH-]. The number of ketones is 5. The molecule has 8 aromatic carbocycles. The van der Waals surface area contributed by atoms with E-state index < -0.39 is 12.1 Å². The van der Waals surface area contributed by atoms with Crippen LogP contribution in [0.4, 0.5) is 0 Å². The monoisotopic (exact) mass is 2080 g/mol. The molecule has 1 atom stereocenters. The van der Waals surface area contributed by atoms with Crippen LogP contribution in [-0.4, -0.2) is 196 Å². The number of aliphatic hydroxyl groups is 1. The molecule has 4 fully saturated rings. The van der Waals surface area contributed by atoms with Crippen molar-refractivity contribution in [3.63, 3.8) is 0 Å². The zero-order valence-electron chi connectivity index (χ0n) is 75.8. The molecule has 4 N–H and O–H groups in total. The Kier molecular flexibility index (Phi) is 45.5. The average Bonchev–Trinajstić information content (AvgIpc) is 0.825. The second-order valence-electron chi connectivity index (χ2n) is 34.6. The smallest absolute Gasteiger partial charge is 0.870 e. The Hall–Kier alpha value is -7.38. The molecule has 1 unspecified atom stereocenters. The number of halogens is 5. The van der Waals surface area contributed by atoms with E-state index in [1.54, 1.807) is 6.29 Å². The second kappa shape index (κ2) is 55.6. The molecule has 0 radical (unpaired) electrons. The van der Waals surface area contributed by atoms with Crippen LogP contribution in [0.5, 0.6) is 46.0 Å². The van der Waals surface area contributed by atoms with Crippen LogP contribution in [0, 0.1) is 23.7 Å². The summed E-state index contributed by atoms with van der Waals surface area (Å²) in [7, 11) is 0. The number of nitrogens with one attached hydrogen (secondary N) is 1. The number of fused-ring (bicyclic) bond motifs is 4. The summed E-state index contributed by atoms with van der Waals surface area (Å²) < 4.78 is 47.6. The van der Waals surface area contributed by atoms with E-state index in [4.69, 9.17) is 43.0 Å². The van der Waals surface area contributed by atoms with E-state index in [1.165, 1.54) is 96.9 Å². The number of ether oxygens (including phenoxy) is 8. The summed E-state index contributed by atoms with van der Waals surface area (Å²) in [6.07, 6.45) is 22.1. The van der Waals surface area contributed by atoms with Crippen LogP contribution < -0.4 is 72.8 Å². The van der Waals surface area contributed by atoms with Gasteiger partial charge in [0.2, 0.25) is 0 Å². The van der Waals surface area contributed by atoms with Crippen LogP contribution in [0.1, 0.15) is 191 Å². The van der Waals surface area contributed by atoms with Crippen LogP contribution in [0.15, 0.2) is 163 Å². The van der Waals surface area contributed by atoms with Crippen molar-refractivity contribution in [2.24, 2.45) is 23.7 Å². The van der Waals surface area contributed by atoms with Crippen molar-refractivity contribution in [2.75, 3.05) is 125 Å². The van der Waals surface area contributed by atoms with Gasteiger partial charge in [-0.15, -0.1) is 12.4 Å². The summed E-state index contributed by atoms with van der Waals surface area (Å²) in [5, 5.41) is 22.4. The first kappa shape index (κ1) is 107. The van der Waals surface area contributed by atoms with Crippen LogP contribution in [0.25, 0.3) is 0 Å². The molecule has 0 amide bonds. The Labute approximate surface area is 833 Å². The van der Waals surface area contributed by atoms with Gasteiger partial charge in [0.1, 0.15) is 59.2 Å². The fraction of sp³-hybridized carbons (Fsp3) is 0.466. The number of nitrogens with zero attached hydrogens (tertiary/aromatic N) is 3. The quantitative estimate of drug-likeness (QED) is 0.0269. The first-order chi connectivity index (χ1) is 62.0. The van der Waals surface area contributed by atoms with Gasteiger partial charge in [-0.2, -0.15) is 0 Å². The number of carboxylic acid groups (broad SMARTS) is 1. The molecule has 0 saturated carbocycles. The Balaban J connectivity index is 0.000000188. The molecule has 28 heteroatoms. The molecular formula is C103H123Br4ClN4NaO18-. The molecule has 16 rings (SSSR count). The van der Waals surface area contributed by atoms with Crippen molar-refractivity contribution in [3.8, 4) is 46.0 Å². The van der Waals surface area contributed by atoms with E-state index in [0.29, 0.717) is 81.4 Å². The van der Waals surface area contributed by atoms with Crippen molar-refractivity contribution >= 4 is 117 Å². The number of carbonyl (C=O) groups excluding carboxylic acids is 6. The van der Waals surface area contributed by atoms with Gasteiger partial charge in [0.25, 0.3) is 0 Å². The minimum atomic E-state index is -0.981. The number of piperidine rings is 4. The molecule has 0 aromatic heterocycles. The van der Waals surface area contributed by atoms with Gasteiger partial charge in [-0.25, -0.2) is 11.1 Å². The maximum absolute atomic E-state index is 12.1. The molecule has 0 spiro atoms. The summed E-state index contributed by atoms with van der Waals surface area (Å²) >= 11 is 13.9. The number of rotatable bonds is 31. The number of carboxylic acids is 1. The molecule has 8 aliphatic heterocycles. The topological polar surface area (TPSA) is 286 Å². The number of aliphatic carboxylic acids is 1. The number of hydrogen-bond donors (Lipinski definition) is 3. The molecular weight excluding hydrogens is 1960 g/mol. The van der Waals surface area contributed by atoms with E-state index in [1.807, 2.05) is 84.9 Å². The summed E-state index contributed by atoms with van der Waals surface area (Å²) in [6.45, 7) is 19.0. The molecule has 8 aromatic rings. The fourth-order valence-electron chi connectivity index (χ4n) is 17.5. The van der Waals surface area contributed by atoms with E-state index in [2.05, 4.69) is 151 Å². The first-order valence-corrected chi connectivity index (χ1v) is 48.6. The Bertz CT molecular complexity index is 4910. The standard InChI is InChI=1S/C26H30BrNO4.C25H28BrNO5.C25H29BrNO4.C15H20BrNO2.C12H14O2.ClH.Na.H2O/c1-18(29)17-32-26-16-21(2-4-23(26)27)14-20-7-11-28(12-8-20)10-6-19-3-5-25-22(15-19)24(30)9-13-31-25;26-21-3-1-19(15-24(21)32-16-25(29)30)13-18-6-10-27(11-7-18)9-5-17-2-4-23-20(14-17)22(28)8-12-31-23;26-22-3-1-20(17-25(22)31-14-12-28)15-19-6-10-27(11-7-19)9-5-18-2-4-24-21(16-18)23(29)8-13-30-24;1-11(18)10-19-15-9-13(2-3-14(15)16)8-12-4-6-17-7-5-12;1-2-3-9-4-5-12-10(8-9)11(13)6-7-14-12;;;/h2-5,15-16,20H,6-14,17H2,1H3;1-4,14-15,18H,5-13,16H2,(H,29,30);1-4,16-17,19,23,29H,5-11,13-15H2;2-3,9,12,17H,4-8,10H2,1H3;4-5,8H,2-3,6-7H2,1H3;1H;;1H2/q;;-1;;;;+1;/p-1. The average molecular weight is 2080 g/mol. The minimum Gasteiger partial charge on any atom is -0.870 e. The molecule has 0 aliphatic carbocycles. The molecule has 700 valence electrons. The maximum Gasteiger partial charge on any atom is 1.00 e. The molecule has 4 saturated heterocycles. The summed E-state index contributed by atoms with van der Waals surface area (Å²) in [6, 6.07) is 48.7. The van der Waals surface area contributed by atoms with E-state index in [0.717, 1.165) is 223 Å². The zero-order valence-corrected chi connectivity index (χ0v) is 84.9. The Morgan fingerprint density at radius 1 is 0.420 bits per heavy atom. The number of hydrogen-bond acceptors (Lipinski definition) is 21. The van der Waals surface area contributed by atoms with Gasteiger partial charge in [-0.1, -0.05) is 61.9 Å². The molecule has 131 heavy (non-hydrogen) atoms. The van der Waals surface area contributed by atoms with Gasteiger partial charge >= 0.3 is 35.5 Å².